The van der Waals surface area contributed by atoms with E-state index in [9.17, 15) is 8.42 Å². The van der Waals surface area contributed by atoms with Crippen molar-refractivity contribution in [2.75, 3.05) is 81.0 Å². The Morgan fingerprint density at radius 3 is 1.09 bits per heavy atom. The summed E-state index contributed by atoms with van der Waals surface area (Å²) in [4.78, 5) is 0. The first-order valence-corrected chi connectivity index (χ1v) is 8.42. The Balaban J connectivity index is 4.60. The molecule has 0 unspecified atom stereocenters. The lowest BCUT2D eigenvalue weighted by molar-refractivity contribution is -0.131. The Morgan fingerprint density at radius 1 is 0.609 bits per heavy atom. The van der Waals surface area contributed by atoms with E-state index in [1.807, 2.05) is 0 Å². The minimum absolute atomic E-state index is 0.249. The molecule has 0 heterocycles. The molecule has 0 saturated heterocycles. The Morgan fingerprint density at radius 2 is 0.870 bits per heavy atom. The van der Waals surface area contributed by atoms with Crippen LogP contribution in [0.25, 0.3) is 0 Å². The highest BCUT2D eigenvalue weighted by Gasteiger charge is 2.23. The molecular weight excluding hydrogens is 332 g/mol. The van der Waals surface area contributed by atoms with Crippen LogP contribution in [-0.2, 0) is 37.9 Å². The molecule has 0 aromatic rings. The minimum Gasteiger partial charge on any atom is -0.383 e. The van der Waals surface area contributed by atoms with Gasteiger partial charge in [0.15, 0.2) is 0 Å². The van der Waals surface area contributed by atoms with E-state index < -0.39 is 10.4 Å². The fourth-order valence-electron chi connectivity index (χ4n) is 1.42. The average molecular weight is 360 g/mol. The number of ether oxygens (including phenoxy) is 4. The summed E-state index contributed by atoms with van der Waals surface area (Å²) < 4.78 is 53.5. The molecule has 140 valence electrons. The van der Waals surface area contributed by atoms with Gasteiger partial charge >= 0.3 is 10.4 Å². The molecule has 0 N–H and O–H groups in total. The van der Waals surface area contributed by atoms with Crippen molar-refractivity contribution in [1.82, 2.24) is 10.1 Å². The van der Waals surface area contributed by atoms with E-state index in [1.165, 1.54) is 38.6 Å². The summed E-state index contributed by atoms with van der Waals surface area (Å²) >= 11 is 0. The Bertz CT molecular complexity index is 324. The van der Waals surface area contributed by atoms with Crippen LogP contribution in [0.15, 0.2) is 0 Å². The maximum Gasteiger partial charge on any atom is 0.432 e. The van der Waals surface area contributed by atoms with Crippen LogP contribution in [0.2, 0.25) is 0 Å². The van der Waals surface area contributed by atoms with Gasteiger partial charge in [0.1, 0.15) is 0 Å². The third-order valence-corrected chi connectivity index (χ3v) is 3.36. The first kappa shape index (κ1) is 22.6. The van der Waals surface area contributed by atoms with Crippen LogP contribution in [0, 0.1) is 0 Å². The first-order chi connectivity index (χ1) is 11.0. The Hall–Kier alpha value is -0.370. The minimum atomic E-state index is -4.27. The van der Waals surface area contributed by atoms with E-state index >= 15 is 0 Å². The summed E-state index contributed by atoms with van der Waals surface area (Å²) in [5.41, 5.74) is 0. The summed E-state index contributed by atoms with van der Waals surface area (Å²) in [5, 5.41) is 2.40. The summed E-state index contributed by atoms with van der Waals surface area (Å²) in [5.74, 6) is 0. The fraction of sp³-hybridized carbons (Fsp3) is 1.00. The smallest absolute Gasteiger partial charge is 0.383 e. The van der Waals surface area contributed by atoms with Crippen molar-refractivity contribution in [3.8, 4) is 0 Å². The Labute approximate surface area is 138 Å². The fourth-order valence-corrected chi connectivity index (χ4v) is 2.26. The molecule has 0 aliphatic rings. The van der Waals surface area contributed by atoms with Gasteiger partial charge in [-0.25, -0.2) is 0 Å². The van der Waals surface area contributed by atoms with Crippen molar-refractivity contribution in [1.29, 1.82) is 0 Å². The number of rotatable bonds is 16. The van der Waals surface area contributed by atoms with E-state index in [1.54, 1.807) is 0 Å². The molecule has 0 aliphatic carbocycles. The highest BCUT2D eigenvalue weighted by molar-refractivity contribution is 7.81. The van der Waals surface area contributed by atoms with Crippen molar-refractivity contribution in [2.24, 2.45) is 0 Å². The number of hydrogen-bond donors (Lipinski definition) is 0. The standard InChI is InChI=1S/C12H28N2O8S/c1-17-9-5-13(6-10-18-2)21-23(15,16)22-14(7-11-19-3)8-12-20-4/h5-12H2,1-4H3. The highest BCUT2D eigenvalue weighted by atomic mass is 32.3. The molecule has 0 amide bonds. The van der Waals surface area contributed by atoms with Crippen LogP contribution in [0.3, 0.4) is 0 Å². The molecule has 0 aromatic carbocycles. The van der Waals surface area contributed by atoms with Gasteiger partial charge in [-0.3, -0.25) is 0 Å². The van der Waals surface area contributed by atoms with Gasteiger partial charge in [-0.1, -0.05) is 0 Å². The molecule has 11 heteroatoms. The normalized spacial score (nSPS) is 12.4. The van der Waals surface area contributed by atoms with E-state index in [0.29, 0.717) is 26.4 Å². The highest BCUT2D eigenvalue weighted by Crippen LogP contribution is 2.05. The summed E-state index contributed by atoms with van der Waals surface area (Å²) in [6.45, 7) is 2.20. The van der Waals surface area contributed by atoms with E-state index in [2.05, 4.69) is 0 Å². The van der Waals surface area contributed by atoms with Crippen molar-refractivity contribution >= 4 is 10.4 Å². The maximum atomic E-state index is 12.0. The van der Waals surface area contributed by atoms with E-state index in [-0.39, 0.29) is 26.2 Å². The first-order valence-electron chi connectivity index (χ1n) is 7.08. The molecular formula is C12H28N2O8S. The second-order valence-corrected chi connectivity index (χ2v) is 5.50. The molecule has 0 spiro atoms. The predicted octanol–water partition coefficient (Wildman–Crippen LogP) is -0.716. The number of hydrogen-bond acceptors (Lipinski definition) is 10. The van der Waals surface area contributed by atoms with Crippen LogP contribution in [-0.4, -0.2) is 99.6 Å². The topological polar surface area (TPSA) is 96.0 Å². The summed E-state index contributed by atoms with van der Waals surface area (Å²) in [6, 6.07) is 0. The largest absolute Gasteiger partial charge is 0.432 e. The molecule has 0 bridgehead atoms. The van der Waals surface area contributed by atoms with Crippen molar-refractivity contribution < 1.29 is 35.9 Å². The monoisotopic (exact) mass is 360 g/mol. The molecule has 23 heavy (non-hydrogen) atoms. The molecule has 0 fully saturated rings. The van der Waals surface area contributed by atoms with Gasteiger partial charge < -0.3 is 18.9 Å². The van der Waals surface area contributed by atoms with Crippen molar-refractivity contribution in [3.63, 3.8) is 0 Å². The van der Waals surface area contributed by atoms with Crippen molar-refractivity contribution in [3.05, 3.63) is 0 Å². The zero-order valence-corrected chi connectivity index (χ0v) is 15.0. The van der Waals surface area contributed by atoms with Crippen LogP contribution < -0.4 is 0 Å². The third-order valence-electron chi connectivity index (χ3n) is 2.57. The lowest BCUT2D eigenvalue weighted by atomic mass is 10.6. The van der Waals surface area contributed by atoms with Gasteiger partial charge in [-0.05, 0) is 0 Å². The zero-order valence-electron chi connectivity index (χ0n) is 14.2. The number of nitrogens with zero attached hydrogens (tertiary/aromatic N) is 2. The molecule has 0 rings (SSSR count). The van der Waals surface area contributed by atoms with Gasteiger partial charge in [-0.15, -0.1) is 0 Å². The summed E-state index contributed by atoms with van der Waals surface area (Å²) in [6.07, 6.45) is 0. The van der Waals surface area contributed by atoms with Gasteiger partial charge in [0.2, 0.25) is 0 Å². The molecule has 0 atom stereocenters. The van der Waals surface area contributed by atoms with Gasteiger partial charge in [-0.2, -0.15) is 27.1 Å². The van der Waals surface area contributed by atoms with Crippen molar-refractivity contribution in [2.45, 2.75) is 0 Å². The molecule has 0 aromatic heterocycles. The SMILES string of the molecule is COCCN(CCOC)OS(=O)(=O)ON(CCOC)CCOC. The quantitative estimate of drug-likeness (QED) is 0.328. The lowest BCUT2D eigenvalue weighted by Gasteiger charge is -2.23. The third kappa shape index (κ3) is 12.7. The summed E-state index contributed by atoms with van der Waals surface area (Å²) in [7, 11) is 1.77. The molecule has 0 radical (unpaired) electrons. The van der Waals surface area contributed by atoms with Crippen LogP contribution in [0.1, 0.15) is 0 Å². The molecule has 0 aliphatic heterocycles. The predicted molar refractivity (Wildman–Crippen MR) is 81.7 cm³/mol. The van der Waals surface area contributed by atoms with Crippen LogP contribution in [0.4, 0.5) is 0 Å². The molecule has 10 nitrogen and oxygen atoms in total. The molecule has 0 saturated carbocycles. The van der Waals surface area contributed by atoms with Gasteiger partial charge in [0, 0.05) is 54.6 Å². The average Bonchev–Trinajstić information content (AvgIpc) is 2.52. The number of hydroxylamine groups is 4. The maximum absolute atomic E-state index is 12.0. The second kappa shape index (κ2) is 14.0. The van der Waals surface area contributed by atoms with Gasteiger partial charge in [0.25, 0.3) is 0 Å². The lowest BCUT2D eigenvalue weighted by Crippen LogP contribution is -2.38. The van der Waals surface area contributed by atoms with E-state index in [4.69, 9.17) is 27.5 Å². The second-order valence-electron chi connectivity index (χ2n) is 4.39. The van der Waals surface area contributed by atoms with Crippen LogP contribution >= 0.6 is 0 Å². The number of methoxy groups -OCH3 is 4. The van der Waals surface area contributed by atoms with Crippen LogP contribution in [0.5, 0.6) is 0 Å². The van der Waals surface area contributed by atoms with Gasteiger partial charge in [0.05, 0.1) is 26.4 Å². The Kier molecular flexibility index (Phi) is 13.8. The zero-order chi connectivity index (χ0) is 17.6. The van der Waals surface area contributed by atoms with E-state index in [0.717, 1.165) is 0 Å².